The Bertz CT molecular complexity index is 1040. The molecular formula is C20H17NO5. The predicted octanol–water partition coefficient (Wildman–Crippen LogP) is 3.46. The van der Waals surface area contributed by atoms with Gasteiger partial charge in [-0.2, -0.15) is 0 Å². The van der Waals surface area contributed by atoms with Gasteiger partial charge in [0, 0.05) is 28.8 Å². The molecule has 0 aliphatic heterocycles. The van der Waals surface area contributed by atoms with Crippen molar-refractivity contribution in [3.05, 3.63) is 70.6 Å². The number of hydrogen-bond donors (Lipinski definition) is 1. The molecule has 1 N–H and O–H groups in total. The van der Waals surface area contributed by atoms with Crippen LogP contribution in [0.15, 0.2) is 63.8 Å². The summed E-state index contributed by atoms with van der Waals surface area (Å²) in [5, 5.41) is 3.49. The highest BCUT2D eigenvalue weighted by atomic mass is 16.5. The van der Waals surface area contributed by atoms with Crippen LogP contribution in [0.1, 0.15) is 5.56 Å². The summed E-state index contributed by atoms with van der Waals surface area (Å²) in [4.78, 5) is 23.4. The van der Waals surface area contributed by atoms with Gasteiger partial charge in [-0.3, -0.25) is 4.79 Å². The number of rotatable bonds is 5. The second kappa shape index (κ2) is 7.57. The Hall–Kier alpha value is -3.54. The number of anilines is 1. The van der Waals surface area contributed by atoms with Gasteiger partial charge in [0.1, 0.15) is 17.1 Å². The van der Waals surface area contributed by atoms with Crippen LogP contribution >= 0.6 is 0 Å². The first-order chi connectivity index (χ1) is 12.6. The lowest BCUT2D eigenvalue weighted by atomic mass is 10.1. The van der Waals surface area contributed by atoms with Gasteiger partial charge >= 0.3 is 5.63 Å². The van der Waals surface area contributed by atoms with E-state index in [2.05, 4.69) is 5.32 Å². The fourth-order valence-electron chi connectivity index (χ4n) is 2.47. The van der Waals surface area contributed by atoms with Crippen LogP contribution in [-0.4, -0.2) is 20.1 Å². The topological polar surface area (TPSA) is 77.8 Å². The van der Waals surface area contributed by atoms with E-state index >= 15 is 0 Å². The molecule has 0 atom stereocenters. The number of nitrogens with one attached hydrogen (secondary N) is 1. The van der Waals surface area contributed by atoms with Crippen LogP contribution in [-0.2, 0) is 4.79 Å². The predicted molar refractivity (Wildman–Crippen MR) is 99.7 cm³/mol. The minimum Gasteiger partial charge on any atom is -0.497 e. The quantitative estimate of drug-likeness (QED) is 0.563. The lowest BCUT2D eigenvalue weighted by molar-refractivity contribution is -0.111. The number of hydrogen-bond acceptors (Lipinski definition) is 5. The molecule has 1 amide bonds. The van der Waals surface area contributed by atoms with Crippen LogP contribution in [0.5, 0.6) is 11.5 Å². The number of benzene rings is 2. The molecule has 0 fully saturated rings. The van der Waals surface area contributed by atoms with Crippen LogP contribution < -0.4 is 20.4 Å². The molecule has 0 bridgehead atoms. The van der Waals surface area contributed by atoms with E-state index in [1.54, 1.807) is 62.8 Å². The van der Waals surface area contributed by atoms with Gasteiger partial charge in [-0.1, -0.05) is 0 Å². The molecule has 1 heterocycles. The van der Waals surface area contributed by atoms with Gasteiger partial charge in [0.2, 0.25) is 5.91 Å². The highest BCUT2D eigenvalue weighted by Crippen LogP contribution is 2.25. The molecule has 132 valence electrons. The molecular weight excluding hydrogens is 334 g/mol. The zero-order chi connectivity index (χ0) is 18.5. The van der Waals surface area contributed by atoms with Crippen LogP contribution in [0, 0.1) is 0 Å². The van der Waals surface area contributed by atoms with Crippen molar-refractivity contribution in [2.45, 2.75) is 0 Å². The van der Waals surface area contributed by atoms with Gasteiger partial charge < -0.3 is 19.2 Å². The lowest BCUT2D eigenvalue weighted by Crippen LogP contribution is -2.07. The first-order valence-electron chi connectivity index (χ1n) is 7.84. The Morgan fingerprint density at radius 3 is 2.65 bits per heavy atom. The average Bonchev–Trinajstić information content (AvgIpc) is 2.66. The van der Waals surface area contributed by atoms with Gasteiger partial charge in [0.15, 0.2) is 0 Å². The molecule has 0 saturated carbocycles. The van der Waals surface area contributed by atoms with E-state index in [9.17, 15) is 9.59 Å². The Morgan fingerprint density at radius 2 is 1.88 bits per heavy atom. The van der Waals surface area contributed by atoms with Gasteiger partial charge in [-0.05, 0) is 48.5 Å². The van der Waals surface area contributed by atoms with E-state index in [0.29, 0.717) is 22.8 Å². The van der Waals surface area contributed by atoms with Crippen molar-refractivity contribution in [2.75, 3.05) is 19.5 Å². The molecule has 0 radical (unpaired) electrons. The van der Waals surface area contributed by atoms with E-state index in [1.807, 2.05) is 0 Å². The van der Waals surface area contributed by atoms with Crippen molar-refractivity contribution in [2.24, 2.45) is 0 Å². The van der Waals surface area contributed by atoms with Crippen molar-refractivity contribution < 1.29 is 18.7 Å². The normalized spacial score (nSPS) is 10.8. The summed E-state index contributed by atoms with van der Waals surface area (Å²) in [6.07, 6.45) is 3.06. The summed E-state index contributed by atoms with van der Waals surface area (Å²) in [6.45, 7) is 0. The Kier molecular flexibility index (Phi) is 5.03. The summed E-state index contributed by atoms with van der Waals surface area (Å²) < 4.78 is 15.5. The van der Waals surface area contributed by atoms with E-state index in [4.69, 9.17) is 13.9 Å². The zero-order valence-corrected chi connectivity index (χ0v) is 14.3. The second-order valence-electron chi connectivity index (χ2n) is 5.44. The van der Waals surface area contributed by atoms with Crippen LogP contribution in [0.4, 0.5) is 5.69 Å². The summed E-state index contributed by atoms with van der Waals surface area (Å²) in [6, 6.07) is 13.4. The number of carbonyl (C=O) groups is 1. The fourth-order valence-corrected chi connectivity index (χ4v) is 2.47. The van der Waals surface area contributed by atoms with Gasteiger partial charge in [0.05, 0.1) is 14.2 Å². The molecule has 0 aliphatic rings. The number of amides is 1. The number of methoxy groups -OCH3 is 2. The maximum Gasteiger partial charge on any atom is 0.336 e. The van der Waals surface area contributed by atoms with Crippen molar-refractivity contribution in [3.63, 3.8) is 0 Å². The molecule has 26 heavy (non-hydrogen) atoms. The third-order valence-corrected chi connectivity index (χ3v) is 3.74. The van der Waals surface area contributed by atoms with Crippen LogP contribution in [0.25, 0.3) is 17.0 Å². The zero-order valence-electron chi connectivity index (χ0n) is 14.3. The molecule has 3 aromatic rings. The first-order valence-corrected chi connectivity index (χ1v) is 7.84. The van der Waals surface area contributed by atoms with E-state index in [-0.39, 0.29) is 5.91 Å². The molecule has 3 rings (SSSR count). The largest absolute Gasteiger partial charge is 0.497 e. The standard InChI is InChI=1S/C20H17NO5/c1-24-16-6-8-17(25-2)14(12-16)3-9-19(22)21-15-5-7-18-13(11-15)4-10-20(23)26-18/h3-12H,1-2H3,(H,21,22). The third-order valence-electron chi connectivity index (χ3n) is 3.74. The van der Waals surface area contributed by atoms with E-state index in [0.717, 1.165) is 10.9 Å². The van der Waals surface area contributed by atoms with Crippen molar-refractivity contribution in [3.8, 4) is 11.5 Å². The molecule has 0 saturated heterocycles. The number of fused-ring (bicyclic) bond motifs is 1. The SMILES string of the molecule is COc1ccc(OC)c(C=CC(=O)Nc2ccc3oc(=O)ccc3c2)c1. The minimum atomic E-state index is -0.413. The van der Waals surface area contributed by atoms with Crippen molar-refractivity contribution in [1.82, 2.24) is 0 Å². The summed E-state index contributed by atoms with van der Waals surface area (Å²) in [5.74, 6) is 1.00. The first kappa shape index (κ1) is 17.3. The maximum absolute atomic E-state index is 12.2. The number of ether oxygens (including phenoxy) is 2. The minimum absolute atomic E-state index is 0.299. The van der Waals surface area contributed by atoms with Gasteiger partial charge in [-0.15, -0.1) is 0 Å². The number of carbonyl (C=O) groups excluding carboxylic acids is 1. The summed E-state index contributed by atoms with van der Waals surface area (Å²) >= 11 is 0. The maximum atomic E-state index is 12.2. The average molecular weight is 351 g/mol. The fraction of sp³-hybridized carbons (Fsp3) is 0.100. The highest BCUT2D eigenvalue weighted by Gasteiger charge is 2.05. The van der Waals surface area contributed by atoms with Crippen LogP contribution in [0.3, 0.4) is 0 Å². The molecule has 1 aromatic heterocycles. The molecule has 6 nitrogen and oxygen atoms in total. The summed E-state index contributed by atoms with van der Waals surface area (Å²) in [7, 11) is 3.14. The smallest absolute Gasteiger partial charge is 0.336 e. The van der Waals surface area contributed by atoms with E-state index < -0.39 is 5.63 Å². The van der Waals surface area contributed by atoms with Crippen molar-refractivity contribution in [1.29, 1.82) is 0 Å². The van der Waals surface area contributed by atoms with Gasteiger partial charge in [-0.25, -0.2) is 4.79 Å². The molecule has 0 aliphatic carbocycles. The molecule has 6 heteroatoms. The molecule has 2 aromatic carbocycles. The second-order valence-corrected chi connectivity index (χ2v) is 5.44. The Morgan fingerprint density at radius 1 is 1.04 bits per heavy atom. The lowest BCUT2D eigenvalue weighted by Gasteiger charge is -2.07. The van der Waals surface area contributed by atoms with Gasteiger partial charge in [0.25, 0.3) is 0 Å². The summed E-state index contributed by atoms with van der Waals surface area (Å²) in [5.41, 5.74) is 1.37. The van der Waals surface area contributed by atoms with Crippen LogP contribution in [0.2, 0.25) is 0 Å². The Labute approximate surface area is 149 Å². The molecule has 0 unspecified atom stereocenters. The highest BCUT2D eigenvalue weighted by molar-refractivity contribution is 6.03. The Balaban J connectivity index is 1.77. The molecule has 0 spiro atoms. The van der Waals surface area contributed by atoms with Crippen molar-refractivity contribution >= 4 is 28.6 Å². The third kappa shape index (κ3) is 3.92. The monoisotopic (exact) mass is 351 g/mol. The van der Waals surface area contributed by atoms with E-state index in [1.165, 1.54) is 12.1 Å².